The van der Waals surface area contributed by atoms with Gasteiger partial charge in [0.25, 0.3) is 5.91 Å². The van der Waals surface area contributed by atoms with E-state index in [0.717, 1.165) is 18.4 Å². The Morgan fingerprint density at radius 2 is 2.36 bits per heavy atom. The number of pyridine rings is 1. The molecule has 1 unspecified atom stereocenters. The highest BCUT2D eigenvalue weighted by molar-refractivity contribution is 5.92. The molecule has 2 aromatic rings. The van der Waals surface area contributed by atoms with Crippen LogP contribution < -0.4 is 5.73 Å². The summed E-state index contributed by atoms with van der Waals surface area (Å²) in [5.41, 5.74) is 7.13. The van der Waals surface area contributed by atoms with Crippen molar-refractivity contribution in [1.82, 2.24) is 15.0 Å². The van der Waals surface area contributed by atoms with Crippen molar-refractivity contribution in [3.63, 3.8) is 0 Å². The molecule has 1 saturated heterocycles. The van der Waals surface area contributed by atoms with Crippen LogP contribution in [0, 0.1) is 0 Å². The smallest absolute Gasteiger partial charge is 0.276 e. The fraction of sp³-hybridized carbons (Fsp3) is 0.400. The fourth-order valence-corrected chi connectivity index (χ4v) is 2.54. The Labute approximate surface area is 128 Å². The molecule has 0 radical (unpaired) electrons. The van der Waals surface area contributed by atoms with Crippen LogP contribution in [0.4, 0.5) is 5.82 Å². The molecule has 7 heteroatoms. The van der Waals surface area contributed by atoms with Crippen LogP contribution in [0.2, 0.25) is 0 Å². The predicted molar refractivity (Wildman–Crippen MR) is 79.1 cm³/mol. The van der Waals surface area contributed by atoms with E-state index in [1.54, 1.807) is 17.2 Å². The number of anilines is 1. The third-order valence-corrected chi connectivity index (χ3v) is 3.68. The maximum atomic E-state index is 12.2. The van der Waals surface area contributed by atoms with Gasteiger partial charge in [-0.3, -0.25) is 4.79 Å². The highest BCUT2D eigenvalue weighted by atomic mass is 16.5. The molecular formula is C15H18N4O3. The van der Waals surface area contributed by atoms with E-state index in [4.69, 9.17) is 15.0 Å². The van der Waals surface area contributed by atoms with Crippen molar-refractivity contribution < 1.29 is 14.1 Å². The number of ether oxygens (including phenoxy) is 1. The van der Waals surface area contributed by atoms with E-state index in [2.05, 4.69) is 10.1 Å². The topological polar surface area (TPSA) is 94.5 Å². The molecular weight excluding hydrogens is 284 g/mol. The quantitative estimate of drug-likeness (QED) is 0.909. The second-order valence-corrected chi connectivity index (χ2v) is 5.26. The van der Waals surface area contributed by atoms with Crippen molar-refractivity contribution in [2.45, 2.75) is 18.9 Å². The van der Waals surface area contributed by atoms with Gasteiger partial charge in [0.05, 0.1) is 12.7 Å². The van der Waals surface area contributed by atoms with E-state index in [1.807, 2.05) is 12.1 Å². The molecule has 1 amide bonds. The number of nitrogens with two attached hydrogens (primary N) is 1. The molecule has 2 N–H and O–H groups in total. The number of carbonyl (C=O) groups is 1. The van der Waals surface area contributed by atoms with Crippen LogP contribution in [0.15, 0.2) is 35.2 Å². The Hall–Kier alpha value is -2.41. The van der Waals surface area contributed by atoms with Gasteiger partial charge in [-0.15, -0.1) is 0 Å². The molecule has 0 bridgehead atoms. The van der Waals surface area contributed by atoms with Crippen molar-refractivity contribution >= 4 is 11.7 Å². The third-order valence-electron chi connectivity index (χ3n) is 3.68. The molecule has 7 nitrogen and oxygen atoms in total. The lowest BCUT2D eigenvalue weighted by molar-refractivity contribution is -0.0248. The lowest BCUT2D eigenvalue weighted by atomic mass is 10.1. The van der Waals surface area contributed by atoms with Gasteiger partial charge in [-0.2, -0.15) is 0 Å². The molecule has 0 saturated carbocycles. The highest BCUT2D eigenvalue weighted by Gasteiger charge is 2.26. The fourth-order valence-electron chi connectivity index (χ4n) is 2.54. The number of rotatable bonds is 4. The average Bonchev–Trinajstić information content (AvgIpc) is 3.07. The van der Waals surface area contributed by atoms with Crippen LogP contribution in [-0.4, -0.2) is 46.7 Å². The molecule has 0 spiro atoms. The Morgan fingerprint density at radius 1 is 1.45 bits per heavy atom. The first kappa shape index (κ1) is 14.5. The Morgan fingerprint density at radius 3 is 3.14 bits per heavy atom. The number of aryl methyl sites for hydroxylation is 1. The summed E-state index contributed by atoms with van der Waals surface area (Å²) < 4.78 is 10.5. The lowest BCUT2D eigenvalue weighted by Gasteiger charge is -2.32. The SMILES string of the molecule is Nc1cc(CCC2CN(C(=O)c3ccon3)CCO2)ccn1. The molecule has 116 valence electrons. The number of carbonyl (C=O) groups excluding carboxylic acids is 1. The normalized spacial score (nSPS) is 18.4. The van der Waals surface area contributed by atoms with E-state index in [-0.39, 0.29) is 12.0 Å². The maximum absolute atomic E-state index is 12.2. The number of nitrogen functional groups attached to an aromatic ring is 1. The van der Waals surface area contributed by atoms with Crippen LogP contribution in [0.3, 0.4) is 0 Å². The highest BCUT2D eigenvalue weighted by Crippen LogP contribution is 2.15. The standard InChI is InChI=1S/C15H18N4O3/c16-14-9-11(3-5-17-14)1-2-12-10-19(6-8-21-12)15(20)13-4-7-22-18-13/h3-5,7,9,12H,1-2,6,8,10H2,(H2,16,17). The minimum Gasteiger partial charge on any atom is -0.384 e. The van der Waals surface area contributed by atoms with Gasteiger partial charge in [-0.05, 0) is 30.5 Å². The first-order valence-electron chi connectivity index (χ1n) is 7.24. The van der Waals surface area contributed by atoms with Crippen LogP contribution >= 0.6 is 0 Å². The van der Waals surface area contributed by atoms with Gasteiger partial charge in [0.15, 0.2) is 5.69 Å². The molecule has 0 aliphatic carbocycles. The van der Waals surface area contributed by atoms with E-state index >= 15 is 0 Å². The third kappa shape index (κ3) is 3.43. The van der Waals surface area contributed by atoms with Crippen molar-refractivity contribution in [3.8, 4) is 0 Å². The number of hydrogen-bond acceptors (Lipinski definition) is 6. The van der Waals surface area contributed by atoms with Crippen LogP contribution in [0.1, 0.15) is 22.5 Å². The van der Waals surface area contributed by atoms with Gasteiger partial charge >= 0.3 is 0 Å². The summed E-state index contributed by atoms with van der Waals surface area (Å²) >= 11 is 0. The Kier molecular flexibility index (Phi) is 4.34. The minimum absolute atomic E-state index is 0.0130. The zero-order valence-corrected chi connectivity index (χ0v) is 12.1. The number of nitrogens with zero attached hydrogens (tertiary/aromatic N) is 3. The first-order valence-corrected chi connectivity index (χ1v) is 7.24. The summed E-state index contributed by atoms with van der Waals surface area (Å²) in [6.45, 7) is 1.67. The summed E-state index contributed by atoms with van der Waals surface area (Å²) in [4.78, 5) is 18.0. The maximum Gasteiger partial charge on any atom is 0.276 e. The molecule has 2 aromatic heterocycles. The van der Waals surface area contributed by atoms with Crippen LogP contribution in [0.5, 0.6) is 0 Å². The average molecular weight is 302 g/mol. The first-order chi connectivity index (χ1) is 10.7. The Bertz CT molecular complexity index is 629. The summed E-state index contributed by atoms with van der Waals surface area (Å²) in [6.07, 6.45) is 4.78. The molecule has 3 rings (SSSR count). The monoisotopic (exact) mass is 302 g/mol. The molecule has 3 heterocycles. The van der Waals surface area contributed by atoms with E-state index in [1.165, 1.54) is 6.26 Å². The van der Waals surface area contributed by atoms with Crippen molar-refractivity contribution in [2.24, 2.45) is 0 Å². The lowest BCUT2D eigenvalue weighted by Crippen LogP contribution is -2.45. The van der Waals surface area contributed by atoms with Gasteiger partial charge in [-0.1, -0.05) is 5.16 Å². The number of amides is 1. The van der Waals surface area contributed by atoms with Gasteiger partial charge in [0.2, 0.25) is 0 Å². The van der Waals surface area contributed by atoms with Crippen molar-refractivity contribution in [2.75, 3.05) is 25.4 Å². The van der Waals surface area contributed by atoms with E-state index < -0.39 is 0 Å². The second-order valence-electron chi connectivity index (χ2n) is 5.26. The molecule has 1 fully saturated rings. The Balaban J connectivity index is 1.55. The second kappa shape index (κ2) is 6.57. The van der Waals surface area contributed by atoms with Crippen LogP contribution in [-0.2, 0) is 11.2 Å². The van der Waals surface area contributed by atoms with Gasteiger partial charge in [-0.25, -0.2) is 4.98 Å². The number of morpholine rings is 1. The zero-order valence-electron chi connectivity index (χ0n) is 12.1. The molecule has 0 aromatic carbocycles. The molecule has 1 aliphatic rings. The predicted octanol–water partition coefficient (Wildman–Crippen LogP) is 1.13. The summed E-state index contributed by atoms with van der Waals surface area (Å²) in [6, 6.07) is 5.38. The van der Waals surface area contributed by atoms with Gasteiger partial charge in [0, 0.05) is 25.4 Å². The van der Waals surface area contributed by atoms with E-state index in [9.17, 15) is 4.79 Å². The summed E-state index contributed by atoms with van der Waals surface area (Å²) in [5, 5.41) is 3.69. The van der Waals surface area contributed by atoms with E-state index in [0.29, 0.717) is 31.2 Å². The summed E-state index contributed by atoms with van der Waals surface area (Å²) in [7, 11) is 0. The van der Waals surface area contributed by atoms with Crippen LogP contribution in [0.25, 0.3) is 0 Å². The number of aromatic nitrogens is 2. The van der Waals surface area contributed by atoms with Gasteiger partial charge in [0.1, 0.15) is 12.1 Å². The molecule has 1 atom stereocenters. The van der Waals surface area contributed by atoms with Gasteiger partial charge < -0.3 is 19.9 Å². The molecule has 1 aliphatic heterocycles. The summed E-state index contributed by atoms with van der Waals surface area (Å²) in [5.74, 6) is 0.403. The number of hydrogen-bond donors (Lipinski definition) is 1. The van der Waals surface area contributed by atoms with Crippen molar-refractivity contribution in [1.29, 1.82) is 0 Å². The largest absolute Gasteiger partial charge is 0.384 e. The van der Waals surface area contributed by atoms with Crippen molar-refractivity contribution in [3.05, 3.63) is 41.9 Å². The molecule has 22 heavy (non-hydrogen) atoms. The zero-order chi connectivity index (χ0) is 15.4. The minimum atomic E-state index is -0.116.